The maximum atomic E-state index is 15.8. The number of phenolic OH excluding ortho intramolecular Hbond substituents is 23. The molecule has 0 spiro atoms. The van der Waals surface area contributed by atoms with Gasteiger partial charge in [-0.25, -0.2) is 38.4 Å². The first-order valence-corrected chi connectivity index (χ1v) is 31.2. The van der Waals surface area contributed by atoms with E-state index in [1.807, 2.05) is 0 Å². The third-order valence-corrected chi connectivity index (χ3v) is 17.9. The van der Waals surface area contributed by atoms with Crippen molar-refractivity contribution in [3.05, 3.63) is 99.1 Å². The van der Waals surface area contributed by atoms with Crippen molar-refractivity contribution in [1.29, 1.82) is 0 Å². The number of aliphatic hydroxyl groups excluding tert-OH is 2. The number of aromatic hydroxyl groups is 23. The first kappa shape index (κ1) is 74.8. The number of cyclic esters (lactones) is 2. The van der Waals surface area contributed by atoms with Crippen LogP contribution in [0.4, 0.5) is 0 Å². The Bertz CT molecular complexity index is 5480. The lowest BCUT2D eigenvalue weighted by atomic mass is 9.90. The van der Waals surface area contributed by atoms with E-state index in [0.717, 1.165) is 0 Å². The van der Waals surface area contributed by atoms with Crippen LogP contribution in [0.2, 0.25) is 0 Å². The molecule has 13 rings (SSSR count). The Morgan fingerprint density at radius 3 is 1.09 bits per heavy atom. The van der Waals surface area contributed by atoms with E-state index in [9.17, 15) is 156 Å². The fourth-order valence-electron chi connectivity index (χ4n) is 12.5. The summed E-state index contributed by atoms with van der Waals surface area (Å²) in [5.41, 5.74) is -17.6. The van der Waals surface area contributed by atoms with Crippen LogP contribution in [0.15, 0.2) is 54.6 Å². The van der Waals surface area contributed by atoms with Crippen molar-refractivity contribution in [1.82, 2.24) is 0 Å². The van der Waals surface area contributed by atoms with Crippen molar-refractivity contribution < 1.29 is 218 Å². The number of aliphatic hydroxyl groups is 2. The van der Waals surface area contributed by atoms with Gasteiger partial charge in [0.05, 0.1) is 44.5 Å². The van der Waals surface area contributed by atoms with Gasteiger partial charge in [0.15, 0.2) is 128 Å². The zero-order valence-electron chi connectivity index (χ0n) is 54.8. The lowest BCUT2D eigenvalue weighted by Gasteiger charge is -2.44. The molecule has 0 saturated carbocycles. The minimum absolute atomic E-state index is 0.250. The van der Waals surface area contributed by atoms with Crippen LogP contribution in [0.25, 0.3) is 33.4 Å². The van der Waals surface area contributed by atoms with Gasteiger partial charge in [0.25, 0.3) is 0 Å². The lowest BCUT2D eigenvalue weighted by molar-refractivity contribution is -0.284. The van der Waals surface area contributed by atoms with Gasteiger partial charge < -0.3 is 180 Å². The second kappa shape index (κ2) is 27.1. The Labute approximate surface area is 614 Å². The second-order valence-electron chi connectivity index (χ2n) is 24.6. The van der Waals surface area contributed by atoms with Crippen molar-refractivity contribution in [2.45, 2.75) is 61.4 Å². The Hall–Kier alpha value is -15.4. The number of rotatable bonds is 6. The number of phenols is 23. The zero-order chi connectivity index (χ0) is 81.5. The Morgan fingerprint density at radius 1 is 0.312 bits per heavy atom. The van der Waals surface area contributed by atoms with E-state index >= 15 is 9.59 Å². The van der Waals surface area contributed by atoms with Crippen LogP contribution in [0, 0.1) is 0 Å². The average molecular weight is 1570 g/mol. The summed E-state index contributed by atoms with van der Waals surface area (Å²) in [6.07, 6.45) is -26.3. The van der Waals surface area contributed by atoms with Gasteiger partial charge in [0.1, 0.15) is 37.1 Å². The summed E-state index contributed by atoms with van der Waals surface area (Å²) < 4.78 is 61.5. The largest absolute Gasteiger partial charge is 0.504 e. The van der Waals surface area contributed by atoms with E-state index in [0.29, 0.717) is 42.5 Å². The van der Waals surface area contributed by atoms with E-state index in [4.69, 9.17) is 52.1 Å². The summed E-state index contributed by atoms with van der Waals surface area (Å²) in [5.74, 6) is -53.4. The monoisotopic (exact) mass is 1570 g/mol. The number of hydrogen-bond acceptors (Lipinski definition) is 44. The number of esters is 8. The van der Waals surface area contributed by atoms with Crippen LogP contribution >= 0.6 is 0 Å². The molecule has 8 aromatic rings. The van der Waals surface area contributed by atoms with Crippen molar-refractivity contribution >= 4 is 47.8 Å². The van der Waals surface area contributed by atoms with E-state index in [-0.39, 0.29) is 12.1 Å². The van der Waals surface area contributed by atoms with Crippen LogP contribution in [-0.2, 0) is 47.4 Å². The molecule has 5 heterocycles. The topological polar surface area (TPSA) is 744 Å². The Morgan fingerprint density at radius 2 is 0.652 bits per heavy atom. The van der Waals surface area contributed by atoms with E-state index < -0.39 is 344 Å². The van der Waals surface area contributed by atoms with Crippen LogP contribution in [0.3, 0.4) is 0 Å². The molecule has 25 N–H and O–H groups in total. The van der Waals surface area contributed by atoms with Crippen molar-refractivity contribution in [3.63, 3.8) is 0 Å². The van der Waals surface area contributed by atoms with Crippen molar-refractivity contribution in [2.24, 2.45) is 0 Å². The maximum Gasteiger partial charge on any atom is 0.343 e. The standard InChI is InChI=1S/C68H48O44/c69-19-1-12(2-20(70)37(19)77)60(94)112-68-58-57(110-64(98)17-8-25(75)41(81)46(86)32(17)33-18(65(99)111-58)9-26(76)42(82)47(33)87)54-29(106-68)11-103-62(96)15-6-23(73)43(83)48(88)34(15)35-36(66(100)108-54)55(51(91)50(90)49(35)89)104-27-4-13(3-21(71)38(27)78)59(93)109-56-52(92)53-28(105-67(56)101)10-102-61(95)14-5-22(72)39(79)44(84)30(14)31-16(63(97)107-53)7-24(74)40(80)45(31)85/h1-9,28-29,52-54,56-58,67-92,101H,10-11H2. The highest BCUT2D eigenvalue weighted by Gasteiger charge is 2.57. The van der Waals surface area contributed by atoms with Crippen LogP contribution < -0.4 is 4.74 Å². The highest BCUT2D eigenvalue weighted by molar-refractivity contribution is 6.12. The summed E-state index contributed by atoms with van der Waals surface area (Å²) in [6, 6.07) is 3.18. The maximum absolute atomic E-state index is 15.8. The van der Waals surface area contributed by atoms with Crippen LogP contribution in [-0.4, -0.2) is 250 Å². The molecule has 44 heteroatoms. The first-order chi connectivity index (χ1) is 52.7. The van der Waals surface area contributed by atoms with Crippen LogP contribution in [0.1, 0.15) is 82.9 Å². The minimum Gasteiger partial charge on any atom is -0.504 e. The van der Waals surface area contributed by atoms with Crippen LogP contribution in [0.5, 0.6) is 144 Å². The highest BCUT2D eigenvalue weighted by Crippen LogP contribution is 2.60. The lowest BCUT2D eigenvalue weighted by Crippen LogP contribution is -2.63. The predicted molar refractivity (Wildman–Crippen MR) is 344 cm³/mol. The summed E-state index contributed by atoms with van der Waals surface area (Å²) >= 11 is 0. The van der Waals surface area contributed by atoms with E-state index in [1.165, 1.54) is 0 Å². The molecule has 0 bridgehead atoms. The summed E-state index contributed by atoms with van der Waals surface area (Å²) in [6.45, 7) is -2.76. The molecule has 10 atom stereocenters. The highest BCUT2D eigenvalue weighted by atomic mass is 16.8. The number of hydrogen-bond donors (Lipinski definition) is 25. The third kappa shape index (κ3) is 12.0. The molecule has 8 aromatic carbocycles. The van der Waals surface area contributed by atoms with Gasteiger partial charge in [-0.15, -0.1) is 0 Å². The van der Waals surface area contributed by atoms with Gasteiger partial charge >= 0.3 is 47.8 Å². The minimum atomic E-state index is -2.89. The normalized spacial score (nSPS) is 21.3. The van der Waals surface area contributed by atoms with Gasteiger partial charge in [-0.1, -0.05) is 0 Å². The summed E-state index contributed by atoms with van der Waals surface area (Å²) in [7, 11) is 0. The number of fused-ring (bicyclic) bond motifs is 13. The van der Waals surface area contributed by atoms with Gasteiger partial charge in [0, 0.05) is 27.8 Å². The molecule has 10 unspecified atom stereocenters. The molecule has 0 aliphatic carbocycles. The summed E-state index contributed by atoms with van der Waals surface area (Å²) in [4.78, 5) is 117. The molecular formula is C68H48O44. The molecule has 112 heavy (non-hydrogen) atoms. The predicted octanol–water partition coefficient (Wildman–Crippen LogP) is 1.75. The molecule has 0 aromatic heterocycles. The number of benzene rings is 8. The Kier molecular flexibility index (Phi) is 18.1. The molecule has 584 valence electrons. The van der Waals surface area contributed by atoms with Gasteiger partial charge in [-0.2, -0.15) is 0 Å². The number of carbonyl (C=O) groups is 8. The molecule has 2 fully saturated rings. The van der Waals surface area contributed by atoms with E-state index in [1.54, 1.807) is 0 Å². The molecule has 44 nitrogen and oxygen atoms in total. The quantitative estimate of drug-likeness (QED) is 0.0640. The fourth-order valence-corrected chi connectivity index (χ4v) is 12.5. The SMILES string of the molecule is O=C(OC1OC2COC(=O)c3cc(O)c(O)c(O)c3-c3c(O)c(O)c(O)c(Oc4cc(C(=O)OC5C(O)OC6COC(=O)c7cc(O)c(O)c(O)c7-c7c(cc(O)c(O)c7O)C(=O)OC6C5O)cc(O)c4O)c3C(=O)OC2C2OC(=O)c3cc(O)c(O)c(O)c3-c3c(cc(O)c(O)c3O)C(=O)OC12)c1cc(O)c(O)c(O)c1. The average Bonchev–Trinajstić information content (AvgIpc) is 1.01. The molecule has 0 radical (unpaired) electrons. The van der Waals surface area contributed by atoms with Crippen molar-refractivity contribution in [3.8, 4) is 177 Å². The second-order valence-corrected chi connectivity index (χ2v) is 24.6. The summed E-state index contributed by atoms with van der Waals surface area (Å²) in [5, 5.41) is 276. The zero-order valence-corrected chi connectivity index (χ0v) is 54.8. The molecular weight excluding hydrogens is 1520 g/mol. The third-order valence-electron chi connectivity index (χ3n) is 17.9. The first-order valence-electron chi connectivity index (χ1n) is 31.2. The smallest absolute Gasteiger partial charge is 0.343 e. The number of carbonyl (C=O) groups excluding carboxylic acids is 8. The van der Waals surface area contributed by atoms with E-state index in [2.05, 4.69) is 0 Å². The fraction of sp³-hybridized carbons (Fsp3) is 0.176. The molecule has 5 aliphatic heterocycles. The molecule has 5 aliphatic rings. The van der Waals surface area contributed by atoms with Gasteiger partial charge in [-0.3, -0.25) is 0 Å². The van der Waals surface area contributed by atoms with Gasteiger partial charge in [0.2, 0.25) is 58.4 Å². The molecule has 2 saturated heterocycles. The van der Waals surface area contributed by atoms with Crippen molar-refractivity contribution in [2.75, 3.05) is 13.2 Å². The van der Waals surface area contributed by atoms with Gasteiger partial charge in [-0.05, 0) is 54.6 Å². The Balaban J connectivity index is 0.922. The molecule has 0 amide bonds. The number of ether oxygens (including phenoxy) is 11.